The minimum atomic E-state index is -4.61. The summed E-state index contributed by atoms with van der Waals surface area (Å²) in [6, 6.07) is 4.63. The minimum Gasteiger partial charge on any atom is -0.330 e. The van der Waals surface area contributed by atoms with Crippen molar-refractivity contribution in [3.63, 3.8) is 0 Å². The standard InChI is InChI=1S/C13H18F2N2O3S/c1-2-9(8-16)7-12(18)17-10-3-5-11(6-4-10)21(19,20)13(14)15/h3-6,9,13H,2,7-8,16H2,1H3,(H,17,18). The van der Waals surface area contributed by atoms with E-state index in [0.717, 1.165) is 18.6 Å². The largest absolute Gasteiger partial charge is 0.341 e. The van der Waals surface area contributed by atoms with Crippen LogP contribution in [0.2, 0.25) is 0 Å². The molecule has 1 amide bonds. The summed E-state index contributed by atoms with van der Waals surface area (Å²) in [5.74, 6) is -3.65. The van der Waals surface area contributed by atoms with Crippen molar-refractivity contribution < 1.29 is 22.0 Å². The molecule has 21 heavy (non-hydrogen) atoms. The molecule has 0 aliphatic carbocycles. The molecule has 3 N–H and O–H groups in total. The monoisotopic (exact) mass is 320 g/mol. The first-order chi connectivity index (χ1) is 9.81. The summed E-state index contributed by atoms with van der Waals surface area (Å²) < 4.78 is 47.2. The Balaban J connectivity index is 2.74. The fourth-order valence-corrected chi connectivity index (χ4v) is 2.42. The average Bonchev–Trinajstić information content (AvgIpc) is 2.45. The number of halogens is 2. The van der Waals surface area contributed by atoms with Crippen LogP contribution in [0, 0.1) is 5.92 Å². The van der Waals surface area contributed by atoms with Gasteiger partial charge in [0.2, 0.25) is 15.7 Å². The summed E-state index contributed by atoms with van der Waals surface area (Å²) in [5, 5.41) is 2.57. The molecule has 0 spiro atoms. The lowest BCUT2D eigenvalue weighted by Crippen LogP contribution is -2.21. The van der Waals surface area contributed by atoms with Gasteiger partial charge in [-0.3, -0.25) is 4.79 Å². The molecule has 0 aliphatic heterocycles. The van der Waals surface area contributed by atoms with Crippen molar-refractivity contribution in [2.45, 2.75) is 30.4 Å². The molecule has 1 aromatic carbocycles. The number of nitrogens with one attached hydrogen (secondary N) is 1. The average molecular weight is 320 g/mol. The van der Waals surface area contributed by atoms with Crippen molar-refractivity contribution in [3.8, 4) is 0 Å². The topological polar surface area (TPSA) is 89.3 Å². The van der Waals surface area contributed by atoms with Crippen LogP contribution < -0.4 is 11.1 Å². The molecule has 0 fully saturated rings. The fourth-order valence-electron chi connectivity index (χ4n) is 1.70. The molecule has 1 rings (SSSR count). The number of hydrogen-bond acceptors (Lipinski definition) is 4. The van der Waals surface area contributed by atoms with Crippen LogP contribution in [-0.2, 0) is 14.6 Å². The van der Waals surface area contributed by atoms with Crippen LogP contribution in [0.15, 0.2) is 29.2 Å². The Bertz CT molecular complexity index is 570. The van der Waals surface area contributed by atoms with E-state index < -0.39 is 20.5 Å². The van der Waals surface area contributed by atoms with Crippen LogP contribution in [0.1, 0.15) is 19.8 Å². The molecule has 1 unspecified atom stereocenters. The molecule has 5 nitrogen and oxygen atoms in total. The Kier molecular flexibility index (Phi) is 6.22. The highest BCUT2D eigenvalue weighted by Gasteiger charge is 2.26. The van der Waals surface area contributed by atoms with Crippen molar-refractivity contribution in [2.75, 3.05) is 11.9 Å². The number of alkyl halides is 2. The van der Waals surface area contributed by atoms with Gasteiger partial charge in [-0.15, -0.1) is 0 Å². The number of nitrogens with two attached hydrogens (primary N) is 1. The van der Waals surface area contributed by atoms with Crippen molar-refractivity contribution in [2.24, 2.45) is 11.7 Å². The second kappa shape index (κ2) is 7.46. The maximum Gasteiger partial charge on any atom is 0.341 e. The third-order valence-electron chi connectivity index (χ3n) is 3.09. The predicted molar refractivity (Wildman–Crippen MR) is 75.7 cm³/mol. The van der Waals surface area contributed by atoms with Gasteiger partial charge in [0, 0.05) is 12.1 Å². The molecule has 1 aromatic rings. The first-order valence-corrected chi connectivity index (χ1v) is 7.98. The molecule has 118 valence electrons. The Morgan fingerprint density at radius 2 is 1.86 bits per heavy atom. The Morgan fingerprint density at radius 3 is 2.29 bits per heavy atom. The second-order valence-electron chi connectivity index (χ2n) is 4.59. The van der Waals surface area contributed by atoms with Crippen LogP contribution in [0.25, 0.3) is 0 Å². The first kappa shape index (κ1) is 17.5. The normalized spacial score (nSPS) is 13.2. The summed E-state index contributed by atoms with van der Waals surface area (Å²) in [6.07, 6.45) is 1.03. The Morgan fingerprint density at radius 1 is 1.29 bits per heavy atom. The van der Waals surface area contributed by atoms with Gasteiger partial charge in [-0.05, 0) is 36.7 Å². The van der Waals surface area contributed by atoms with E-state index in [4.69, 9.17) is 5.73 Å². The summed E-state index contributed by atoms with van der Waals surface area (Å²) in [7, 11) is -4.61. The highest BCUT2D eigenvalue weighted by molar-refractivity contribution is 7.91. The van der Waals surface area contributed by atoms with Gasteiger partial charge in [-0.1, -0.05) is 13.3 Å². The Hall–Kier alpha value is -1.54. The number of carbonyl (C=O) groups is 1. The number of rotatable bonds is 7. The quantitative estimate of drug-likeness (QED) is 0.804. The zero-order chi connectivity index (χ0) is 16.0. The van der Waals surface area contributed by atoms with Crippen molar-refractivity contribution >= 4 is 21.4 Å². The molecule has 0 saturated heterocycles. The Labute approximate surface area is 122 Å². The summed E-state index contributed by atoms with van der Waals surface area (Å²) >= 11 is 0. The van der Waals surface area contributed by atoms with E-state index in [1.54, 1.807) is 0 Å². The van der Waals surface area contributed by atoms with E-state index in [1.165, 1.54) is 12.1 Å². The predicted octanol–water partition coefficient (Wildman–Crippen LogP) is 2.00. The van der Waals surface area contributed by atoms with E-state index in [0.29, 0.717) is 12.2 Å². The highest BCUT2D eigenvalue weighted by atomic mass is 32.2. The van der Waals surface area contributed by atoms with Crippen LogP contribution in [0.3, 0.4) is 0 Å². The van der Waals surface area contributed by atoms with E-state index in [-0.39, 0.29) is 18.2 Å². The molecule has 0 aliphatic rings. The number of hydrogen-bond donors (Lipinski definition) is 2. The number of anilines is 1. The first-order valence-electron chi connectivity index (χ1n) is 6.43. The van der Waals surface area contributed by atoms with Gasteiger partial charge < -0.3 is 11.1 Å². The SMILES string of the molecule is CCC(CN)CC(=O)Nc1ccc(S(=O)(=O)C(F)F)cc1. The zero-order valence-electron chi connectivity index (χ0n) is 11.6. The van der Waals surface area contributed by atoms with Crippen LogP contribution >= 0.6 is 0 Å². The fraction of sp³-hybridized carbons (Fsp3) is 0.462. The molecule has 0 saturated carbocycles. The zero-order valence-corrected chi connectivity index (χ0v) is 12.4. The number of amides is 1. The van der Waals surface area contributed by atoms with Gasteiger partial charge in [0.25, 0.3) is 0 Å². The van der Waals surface area contributed by atoms with Gasteiger partial charge in [0.05, 0.1) is 4.90 Å². The molecule has 0 aromatic heterocycles. The van der Waals surface area contributed by atoms with Crippen molar-refractivity contribution in [1.82, 2.24) is 0 Å². The minimum absolute atomic E-state index is 0.0727. The lowest BCUT2D eigenvalue weighted by atomic mass is 10.0. The van der Waals surface area contributed by atoms with E-state index in [1.807, 2.05) is 6.92 Å². The van der Waals surface area contributed by atoms with Gasteiger partial charge in [0.1, 0.15) is 0 Å². The smallest absolute Gasteiger partial charge is 0.330 e. The van der Waals surface area contributed by atoms with Crippen molar-refractivity contribution in [1.29, 1.82) is 0 Å². The third-order valence-corrected chi connectivity index (χ3v) is 4.48. The van der Waals surface area contributed by atoms with Crippen LogP contribution in [0.5, 0.6) is 0 Å². The van der Waals surface area contributed by atoms with Crippen molar-refractivity contribution in [3.05, 3.63) is 24.3 Å². The molecule has 8 heteroatoms. The summed E-state index contributed by atoms with van der Waals surface area (Å²) in [6.45, 7) is 2.32. The lowest BCUT2D eigenvalue weighted by molar-refractivity contribution is -0.117. The van der Waals surface area contributed by atoms with Gasteiger partial charge in [-0.25, -0.2) is 8.42 Å². The van der Waals surface area contributed by atoms with E-state index in [2.05, 4.69) is 5.32 Å². The van der Waals surface area contributed by atoms with Gasteiger partial charge >= 0.3 is 5.76 Å². The molecule has 0 radical (unpaired) electrons. The molecular weight excluding hydrogens is 302 g/mol. The second-order valence-corrected chi connectivity index (χ2v) is 6.51. The highest BCUT2D eigenvalue weighted by Crippen LogP contribution is 2.20. The molecule has 1 atom stereocenters. The molecular formula is C13H18F2N2O3S. The number of sulfone groups is 1. The van der Waals surface area contributed by atoms with Gasteiger partial charge in [0.15, 0.2) is 0 Å². The van der Waals surface area contributed by atoms with Gasteiger partial charge in [-0.2, -0.15) is 8.78 Å². The van der Waals surface area contributed by atoms with Crippen LogP contribution in [-0.4, -0.2) is 26.6 Å². The number of benzene rings is 1. The van der Waals surface area contributed by atoms with E-state index >= 15 is 0 Å². The van der Waals surface area contributed by atoms with Crippen LogP contribution in [0.4, 0.5) is 14.5 Å². The maximum atomic E-state index is 12.4. The lowest BCUT2D eigenvalue weighted by Gasteiger charge is -2.12. The summed E-state index contributed by atoms with van der Waals surface area (Å²) in [5.41, 5.74) is 5.85. The maximum absolute atomic E-state index is 12.4. The third kappa shape index (κ3) is 4.75. The molecule has 0 heterocycles. The van der Waals surface area contributed by atoms with E-state index in [9.17, 15) is 22.0 Å². The molecule has 0 bridgehead atoms. The number of carbonyl (C=O) groups excluding carboxylic acids is 1. The summed E-state index contributed by atoms with van der Waals surface area (Å²) in [4.78, 5) is 11.2.